The van der Waals surface area contributed by atoms with E-state index in [0.29, 0.717) is 17.1 Å². The topological polar surface area (TPSA) is 54.1 Å². The van der Waals surface area contributed by atoms with Crippen molar-refractivity contribution in [2.45, 2.75) is 11.9 Å². The minimum atomic E-state index is -0.238. The standard InChI is InChI=1S/C8H6BrN3O/c1-4-11-6-3-10-7(9)2-5(6)8(13)12-4/h2-3,7H,1H3. The van der Waals surface area contributed by atoms with Crippen LogP contribution in [0.2, 0.25) is 0 Å². The molecule has 0 fully saturated rings. The number of rotatable bonds is 0. The van der Waals surface area contributed by atoms with Gasteiger partial charge in [-0.05, 0) is 13.0 Å². The predicted octanol–water partition coefficient (Wildman–Crippen LogP) is 1.12. The molecule has 0 aromatic carbocycles. The van der Waals surface area contributed by atoms with Crippen LogP contribution in [0.15, 0.2) is 26.6 Å². The number of carbonyl (C=O) groups is 1. The maximum atomic E-state index is 11.4. The van der Waals surface area contributed by atoms with E-state index in [1.165, 1.54) is 0 Å². The van der Waals surface area contributed by atoms with E-state index in [1.54, 1.807) is 19.2 Å². The molecule has 1 unspecified atom stereocenters. The van der Waals surface area contributed by atoms with Gasteiger partial charge in [0.2, 0.25) is 0 Å². The molecule has 0 N–H and O–H groups in total. The number of amides is 1. The lowest BCUT2D eigenvalue weighted by Gasteiger charge is -2.13. The number of dihydropyridines is 1. The van der Waals surface area contributed by atoms with Crippen LogP contribution in [0.5, 0.6) is 0 Å². The van der Waals surface area contributed by atoms with E-state index in [2.05, 4.69) is 30.9 Å². The molecule has 0 radical (unpaired) electrons. The number of fused-ring (bicyclic) bond motifs is 1. The molecule has 1 atom stereocenters. The minimum Gasteiger partial charge on any atom is -0.272 e. The van der Waals surface area contributed by atoms with Gasteiger partial charge in [0.05, 0.1) is 11.3 Å². The summed E-state index contributed by atoms with van der Waals surface area (Å²) in [5.41, 5.74) is 1.13. The van der Waals surface area contributed by atoms with Gasteiger partial charge in [0.25, 0.3) is 5.91 Å². The van der Waals surface area contributed by atoms with Crippen molar-refractivity contribution in [2.24, 2.45) is 15.0 Å². The molecule has 2 heterocycles. The van der Waals surface area contributed by atoms with Gasteiger partial charge >= 0.3 is 0 Å². The van der Waals surface area contributed by atoms with Crippen molar-refractivity contribution in [1.29, 1.82) is 0 Å². The first-order chi connectivity index (χ1) is 6.16. The molecule has 0 saturated heterocycles. The summed E-state index contributed by atoms with van der Waals surface area (Å²) < 4.78 is 0. The molecule has 1 amide bonds. The number of alkyl halides is 1. The number of hydrogen-bond acceptors (Lipinski definition) is 3. The van der Waals surface area contributed by atoms with E-state index >= 15 is 0 Å². The van der Waals surface area contributed by atoms with Crippen molar-refractivity contribution in [1.82, 2.24) is 0 Å². The summed E-state index contributed by atoms with van der Waals surface area (Å²) in [6, 6.07) is 0. The number of halogens is 1. The molecule has 0 bridgehead atoms. The first-order valence-corrected chi connectivity index (χ1v) is 4.66. The van der Waals surface area contributed by atoms with Crippen LogP contribution in [0.4, 0.5) is 0 Å². The zero-order chi connectivity index (χ0) is 9.42. The first-order valence-electron chi connectivity index (χ1n) is 3.74. The van der Waals surface area contributed by atoms with Gasteiger partial charge in [-0.2, -0.15) is 4.99 Å². The molecule has 66 valence electrons. The fourth-order valence-electron chi connectivity index (χ4n) is 1.15. The van der Waals surface area contributed by atoms with Gasteiger partial charge in [-0.1, -0.05) is 15.9 Å². The molecule has 5 heteroatoms. The first kappa shape index (κ1) is 8.50. The van der Waals surface area contributed by atoms with Gasteiger partial charge in [-0.25, -0.2) is 4.99 Å². The molecular formula is C8H6BrN3O. The van der Waals surface area contributed by atoms with Gasteiger partial charge in [-0.3, -0.25) is 9.79 Å². The zero-order valence-corrected chi connectivity index (χ0v) is 8.45. The van der Waals surface area contributed by atoms with Crippen LogP contribution >= 0.6 is 15.9 Å². The van der Waals surface area contributed by atoms with Crippen LogP contribution in [0.25, 0.3) is 0 Å². The Balaban J connectivity index is 2.48. The van der Waals surface area contributed by atoms with Gasteiger partial charge in [-0.15, -0.1) is 0 Å². The average molecular weight is 240 g/mol. The largest absolute Gasteiger partial charge is 0.280 e. The van der Waals surface area contributed by atoms with Crippen LogP contribution in [-0.2, 0) is 4.79 Å². The molecule has 0 aliphatic carbocycles. The Morgan fingerprint density at radius 1 is 1.46 bits per heavy atom. The van der Waals surface area contributed by atoms with Gasteiger partial charge in [0, 0.05) is 6.21 Å². The molecule has 2 aliphatic rings. The number of aliphatic imine (C=N–C) groups is 3. The highest BCUT2D eigenvalue weighted by Crippen LogP contribution is 2.16. The minimum absolute atomic E-state index is 0.140. The van der Waals surface area contributed by atoms with E-state index in [4.69, 9.17) is 0 Å². The summed E-state index contributed by atoms with van der Waals surface area (Å²) >= 11 is 3.26. The second-order valence-corrected chi connectivity index (χ2v) is 3.63. The quantitative estimate of drug-likeness (QED) is 0.462. The van der Waals surface area contributed by atoms with Crippen molar-refractivity contribution >= 4 is 39.6 Å². The smallest absolute Gasteiger partial charge is 0.272 e. The number of amidine groups is 1. The van der Waals surface area contributed by atoms with Crippen LogP contribution in [-0.4, -0.2) is 28.6 Å². The number of carbonyl (C=O) groups excluding carboxylic acids is 1. The lowest BCUT2D eigenvalue weighted by molar-refractivity contribution is -0.113. The SMILES string of the molecule is CC1=NC(=O)C2=CC(Br)N=CC2=N1. The summed E-state index contributed by atoms with van der Waals surface area (Å²) in [6.45, 7) is 1.69. The van der Waals surface area contributed by atoms with Gasteiger partial charge in [0.1, 0.15) is 10.8 Å². The Labute approximate surface area is 83.3 Å². The Morgan fingerprint density at radius 3 is 3.00 bits per heavy atom. The molecular weight excluding hydrogens is 234 g/mol. The van der Waals surface area contributed by atoms with Gasteiger partial charge < -0.3 is 0 Å². The maximum Gasteiger partial charge on any atom is 0.280 e. The van der Waals surface area contributed by atoms with Crippen LogP contribution < -0.4 is 0 Å². The van der Waals surface area contributed by atoms with Crippen molar-refractivity contribution < 1.29 is 4.79 Å². The average Bonchev–Trinajstić information content (AvgIpc) is 2.06. The van der Waals surface area contributed by atoms with Crippen molar-refractivity contribution in [2.75, 3.05) is 0 Å². The summed E-state index contributed by atoms with van der Waals surface area (Å²) in [5.74, 6) is 0.245. The normalized spacial score (nSPS) is 26.2. The number of hydrogen-bond donors (Lipinski definition) is 0. The Hall–Kier alpha value is -1.10. The van der Waals surface area contributed by atoms with Crippen LogP contribution in [0.3, 0.4) is 0 Å². The maximum absolute atomic E-state index is 11.4. The highest BCUT2D eigenvalue weighted by atomic mass is 79.9. The predicted molar refractivity (Wildman–Crippen MR) is 54.8 cm³/mol. The molecule has 0 aromatic heterocycles. The van der Waals surface area contributed by atoms with E-state index in [-0.39, 0.29) is 10.9 Å². The van der Waals surface area contributed by atoms with Crippen molar-refractivity contribution in [3.05, 3.63) is 11.6 Å². The van der Waals surface area contributed by atoms with Crippen LogP contribution in [0.1, 0.15) is 6.92 Å². The molecule has 13 heavy (non-hydrogen) atoms. The van der Waals surface area contributed by atoms with E-state index in [1.807, 2.05) is 0 Å². The second-order valence-electron chi connectivity index (χ2n) is 2.69. The summed E-state index contributed by atoms with van der Waals surface area (Å²) in [5, 5.41) is 0. The third kappa shape index (κ3) is 1.51. The molecule has 0 aromatic rings. The summed E-state index contributed by atoms with van der Waals surface area (Å²) in [4.78, 5) is 23.1. The fraction of sp³-hybridized carbons (Fsp3) is 0.250. The lowest BCUT2D eigenvalue weighted by Crippen LogP contribution is -2.23. The summed E-state index contributed by atoms with van der Waals surface area (Å²) in [7, 11) is 0. The highest BCUT2D eigenvalue weighted by Gasteiger charge is 2.22. The molecule has 2 rings (SSSR count). The highest BCUT2D eigenvalue weighted by molar-refractivity contribution is 9.09. The monoisotopic (exact) mass is 239 g/mol. The zero-order valence-electron chi connectivity index (χ0n) is 6.86. The third-order valence-corrected chi connectivity index (χ3v) is 2.20. The third-order valence-electron chi connectivity index (χ3n) is 1.70. The molecule has 2 aliphatic heterocycles. The fourth-order valence-corrected chi connectivity index (χ4v) is 1.54. The van der Waals surface area contributed by atoms with Crippen molar-refractivity contribution in [3.8, 4) is 0 Å². The molecule has 0 saturated carbocycles. The summed E-state index contributed by atoms with van der Waals surface area (Å²) in [6.07, 6.45) is 3.29. The van der Waals surface area contributed by atoms with E-state index in [9.17, 15) is 4.79 Å². The number of nitrogens with zero attached hydrogens (tertiary/aromatic N) is 3. The molecule has 0 spiro atoms. The van der Waals surface area contributed by atoms with Gasteiger partial charge in [0.15, 0.2) is 0 Å². The Bertz CT molecular complexity index is 392. The van der Waals surface area contributed by atoms with Crippen LogP contribution in [0, 0.1) is 0 Å². The lowest BCUT2D eigenvalue weighted by atomic mass is 10.1. The second kappa shape index (κ2) is 2.99. The molecule has 4 nitrogen and oxygen atoms in total. The van der Waals surface area contributed by atoms with E-state index in [0.717, 1.165) is 0 Å². The Kier molecular flexibility index (Phi) is 1.95. The Morgan fingerprint density at radius 2 is 2.23 bits per heavy atom. The van der Waals surface area contributed by atoms with E-state index < -0.39 is 0 Å². The van der Waals surface area contributed by atoms with Crippen molar-refractivity contribution in [3.63, 3.8) is 0 Å².